The Morgan fingerprint density at radius 1 is 0.808 bits per heavy atom. The van der Waals surface area contributed by atoms with E-state index < -0.39 is 10.0 Å². The summed E-state index contributed by atoms with van der Waals surface area (Å²) < 4.78 is 33.0. The van der Waals surface area contributed by atoms with Crippen LogP contribution in [0, 0.1) is 0 Å². The second kappa shape index (κ2) is 8.06. The van der Waals surface area contributed by atoms with Crippen molar-refractivity contribution in [3.8, 4) is 5.75 Å². The lowest BCUT2D eigenvalue weighted by Gasteiger charge is -2.23. The number of para-hydroxylation sites is 1. The van der Waals surface area contributed by atoms with Crippen LogP contribution in [0.4, 0.5) is 5.69 Å². The SMILES string of the molecule is CCN(c1ccccc1)S(=O)(=O)c1ccc(OCc2ccccc2)cc1. The molecule has 134 valence electrons. The zero-order chi connectivity index (χ0) is 18.4. The van der Waals surface area contributed by atoms with Gasteiger partial charge < -0.3 is 4.74 Å². The predicted molar refractivity (Wildman–Crippen MR) is 104 cm³/mol. The molecule has 5 heteroatoms. The van der Waals surface area contributed by atoms with Gasteiger partial charge in [-0.15, -0.1) is 0 Å². The molecule has 0 amide bonds. The molecule has 0 aliphatic rings. The van der Waals surface area contributed by atoms with E-state index in [-0.39, 0.29) is 4.90 Å². The first kappa shape index (κ1) is 18.0. The van der Waals surface area contributed by atoms with Crippen molar-refractivity contribution in [2.24, 2.45) is 0 Å². The molecule has 3 rings (SSSR count). The molecule has 0 bridgehead atoms. The van der Waals surface area contributed by atoms with Gasteiger partial charge in [0.15, 0.2) is 0 Å². The van der Waals surface area contributed by atoms with E-state index in [0.29, 0.717) is 24.6 Å². The second-order valence-corrected chi connectivity index (χ2v) is 7.61. The van der Waals surface area contributed by atoms with E-state index in [2.05, 4.69) is 0 Å². The molecule has 26 heavy (non-hydrogen) atoms. The Morgan fingerprint density at radius 3 is 1.96 bits per heavy atom. The highest BCUT2D eigenvalue weighted by atomic mass is 32.2. The number of hydrogen-bond donors (Lipinski definition) is 0. The molecule has 0 spiro atoms. The Morgan fingerprint density at radius 2 is 1.38 bits per heavy atom. The van der Waals surface area contributed by atoms with Gasteiger partial charge in [0.25, 0.3) is 10.0 Å². The van der Waals surface area contributed by atoms with Crippen molar-refractivity contribution >= 4 is 15.7 Å². The number of sulfonamides is 1. The largest absolute Gasteiger partial charge is 0.489 e. The molecule has 0 aromatic heterocycles. The Balaban J connectivity index is 1.76. The van der Waals surface area contributed by atoms with Crippen LogP contribution in [0.25, 0.3) is 0 Å². The Bertz CT molecular complexity index is 924. The van der Waals surface area contributed by atoms with E-state index in [4.69, 9.17) is 4.74 Å². The number of rotatable bonds is 7. The highest BCUT2D eigenvalue weighted by molar-refractivity contribution is 7.92. The van der Waals surface area contributed by atoms with Gasteiger partial charge >= 0.3 is 0 Å². The topological polar surface area (TPSA) is 46.6 Å². The standard InChI is InChI=1S/C21H21NO3S/c1-2-22(19-11-7-4-8-12-19)26(23,24)21-15-13-20(14-16-21)25-17-18-9-5-3-6-10-18/h3-16H,2,17H2,1H3. The minimum absolute atomic E-state index is 0.246. The lowest BCUT2D eigenvalue weighted by Crippen LogP contribution is -2.30. The van der Waals surface area contributed by atoms with Crippen LogP contribution in [0.2, 0.25) is 0 Å². The molecule has 3 aromatic rings. The molecule has 0 radical (unpaired) electrons. The maximum Gasteiger partial charge on any atom is 0.264 e. The van der Waals surface area contributed by atoms with Crippen molar-refractivity contribution in [3.05, 3.63) is 90.5 Å². The first-order valence-electron chi connectivity index (χ1n) is 8.46. The van der Waals surface area contributed by atoms with E-state index in [9.17, 15) is 8.42 Å². The third kappa shape index (κ3) is 4.06. The van der Waals surface area contributed by atoms with Crippen molar-refractivity contribution in [2.75, 3.05) is 10.8 Å². The summed E-state index contributed by atoms with van der Waals surface area (Å²) in [7, 11) is -3.61. The summed E-state index contributed by atoms with van der Waals surface area (Å²) >= 11 is 0. The van der Waals surface area contributed by atoms with Crippen LogP contribution in [-0.2, 0) is 16.6 Å². The van der Waals surface area contributed by atoms with Gasteiger partial charge in [0.2, 0.25) is 0 Å². The average Bonchev–Trinajstić information content (AvgIpc) is 2.69. The number of nitrogens with zero attached hydrogens (tertiary/aromatic N) is 1. The number of benzene rings is 3. The zero-order valence-corrected chi connectivity index (χ0v) is 15.4. The zero-order valence-electron chi connectivity index (χ0n) is 14.6. The smallest absolute Gasteiger partial charge is 0.264 e. The van der Waals surface area contributed by atoms with Crippen LogP contribution in [0.5, 0.6) is 5.75 Å². The monoisotopic (exact) mass is 367 g/mol. The van der Waals surface area contributed by atoms with Gasteiger partial charge in [-0.2, -0.15) is 0 Å². The van der Waals surface area contributed by atoms with Crippen LogP contribution in [-0.4, -0.2) is 15.0 Å². The third-order valence-corrected chi connectivity index (χ3v) is 5.91. The van der Waals surface area contributed by atoms with Gasteiger partial charge in [0.1, 0.15) is 12.4 Å². The third-order valence-electron chi connectivity index (χ3n) is 3.99. The summed E-state index contributed by atoms with van der Waals surface area (Å²) in [6.07, 6.45) is 0. The van der Waals surface area contributed by atoms with Gasteiger partial charge in [-0.3, -0.25) is 4.31 Å². The van der Waals surface area contributed by atoms with Crippen molar-refractivity contribution in [1.29, 1.82) is 0 Å². The summed E-state index contributed by atoms with van der Waals surface area (Å²) in [6, 6.07) is 25.5. The highest BCUT2D eigenvalue weighted by Gasteiger charge is 2.23. The van der Waals surface area contributed by atoms with E-state index in [1.165, 1.54) is 4.31 Å². The molecule has 0 N–H and O–H groups in total. The molecular formula is C21H21NO3S. The first-order valence-corrected chi connectivity index (χ1v) is 9.90. The molecule has 0 unspecified atom stereocenters. The van der Waals surface area contributed by atoms with E-state index in [0.717, 1.165) is 5.56 Å². The lowest BCUT2D eigenvalue weighted by atomic mass is 10.2. The Hall–Kier alpha value is -2.79. The molecule has 0 saturated carbocycles. The number of ether oxygens (including phenoxy) is 1. The summed E-state index contributed by atoms with van der Waals surface area (Å²) in [4.78, 5) is 0.246. The number of hydrogen-bond acceptors (Lipinski definition) is 3. The quantitative estimate of drug-likeness (QED) is 0.618. The lowest BCUT2D eigenvalue weighted by molar-refractivity contribution is 0.306. The molecular weight excluding hydrogens is 346 g/mol. The molecule has 3 aromatic carbocycles. The first-order chi connectivity index (χ1) is 12.6. The fourth-order valence-corrected chi connectivity index (χ4v) is 4.14. The fraction of sp³-hybridized carbons (Fsp3) is 0.143. The maximum atomic E-state index is 12.9. The van der Waals surface area contributed by atoms with Crippen molar-refractivity contribution in [1.82, 2.24) is 0 Å². The van der Waals surface area contributed by atoms with Gasteiger partial charge in [-0.05, 0) is 48.9 Å². The van der Waals surface area contributed by atoms with Gasteiger partial charge in [-0.1, -0.05) is 48.5 Å². The Labute approximate surface area is 154 Å². The highest BCUT2D eigenvalue weighted by Crippen LogP contribution is 2.25. The summed E-state index contributed by atoms with van der Waals surface area (Å²) in [6.45, 7) is 2.62. The van der Waals surface area contributed by atoms with Crippen molar-refractivity contribution < 1.29 is 13.2 Å². The predicted octanol–water partition coefficient (Wildman–Crippen LogP) is 4.48. The van der Waals surface area contributed by atoms with Crippen molar-refractivity contribution in [2.45, 2.75) is 18.4 Å². The maximum absolute atomic E-state index is 12.9. The summed E-state index contributed by atoms with van der Waals surface area (Å²) in [5, 5.41) is 0. The van der Waals surface area contributed by atoms with Crippen LogP contribution in [0.1, 0.15) is 12.5 Å². The normalized spacial score (nSPS) is 11.1. The molecule has 0 aliphatic heterocycles. The van der Waals surface area contributed by atoms with Gasteiger partial charge in [0, 0.05) is 6.54 Å². The molecule has 0 atom stereocenters. The molecule has 0 saturated heterocycles. The van der Waals surface area contributed by atoms with E-state index >= 15 is 0 Å². The van der Waals surface area contributed by atoms with Gasteiger partial charge in [0.05, 0.1) is 10.6 Å². The summed E-state index contributed by atoms with van der Waals surface area (Å²) in [5.41, 5.74) is 1.71. The average molecular weight is 367 g/mol. The number of anilines is 1. The fourth-order valence-electron chi connectivity index (χ4n) is 2.66. The minimum atomic E-state index is -3.61. The van der Waals surface area contributed by atoms with Crippen LogP contribution < -0.4 is 9.04 Å². The Kier molecular flexibility index (Phi) is 5.58. The van der Waals surface area contributed by atoms with Crippen molar-refractivity contribution in [3.63, 3.8) is 0 Å². The van der Waals surface area contributed by atoms with Crippen LogP contribution in [0.15, 0.2) is 89.8 Å². The van der Waals surface area contributed by atoms with E-state index in [1.807, 2.05) is 55.5 Å². The van der Waals surface area contributed by atoms with Gasteiger partial charge in [-0.25, -0.2) is 8.42 Å². The molecule has 0 aliphatic carbocycles. The van der Waals surface area contributed by atoms with E-state index in [1.54, 1.807) is 36.4 Å². The van der Waals surface area contributed by atoms with Crippen LogP contribution in [0.3, 0.4) is 0 Å². The summed E-state index contributed by atoms with van der Waals surface area (Å²) in [5.74, 6) is 0.635. The molecule has 4 nitrogen and oxygen atoms in total. The second-order valence-electron chi connectivity index (χ2n) is 5.75. The minimum Gasteiger partial charge on any atom is -0.489 e. The van der Waals surface area contributed by atoms with Crippen LogP contribution >= 0.6 is 0 Å². The molecule has 0 heterocycles. The molecule has 0 fully saturated rings.